The Kier molecular flexibility index (Phi) is 2.52. The molecule has 2 heterocycles. The van der Waals surface area contributed by atoms with E-state index in [0.29, 0.717) is 19.5 Å². The fourth-order valence-electron chi connectivity index (χ4n) is 2.34. The molecule has 0 saturated carbocycles. The lowest BCUT2D eigenvalue weighted by atomic mass is 10.1. The molecule has 1 N–H and O–H groups in total. The van der Waals surface area contributed by atoms with Crippen LogP contribution in [0.25, 0.3) is 10.9 Å². The monoisotopic (exact) mass is 239 g/mol. The molecule has 1 amide bonds. The maximum Gasteiger partial charge on any atom is 0.224 e. The number of amides is 1. The summed E-state index contributed by atoms with van der Waals surface area (Å²) in [5, 5.41) is 7.99. The van der Waals surface area contributed by atoms with Crippen LogP contribution in [-0.2, 0) is 11.3 Å². The first kappa shape index (κ1) is 10.8. The summed E-state index contributed by atoms with van der Waals surface area (Å²) in [6.07, 6.45) is 7.63. The summed E-state index contributed by atoms with van der Waals surface area (Å²) in [5.74, 6) is 2.86. The summed E-state index contributed by atoms with van der Waals surface area (Å²) in [6, 6.07) is 6.06. The number of nitrogens with zero attached hydrogens (tertiary/aromatic N) is 2. The largest absolute Gasteiger partial charge is 0.337 e. The van der Waals surface area contributed by atoms with Crippen molar-refractivity contribution in [2.75, 3.05) is 6.54 Å². The topological polar surface area (TPSA) is 49.0 Å². The molecule has 0 bridgehead atoms. The third-order valence-electron chi connectivity index (χ3n) is 3.33. The average molecular weight is 239 g/mol. The fourth-order valence-corrected chi connectivity index (χ4v) is 2.34. The number of fused-ring (bicyclic) bond motifs is 1. The maximum absolute atomic E-state index is 11.8. The second-order valence-corrected chi connectivity index (χ2v) is 4.63. The summed E-state index contributed by atoms with van der Waals surface area (Å²) in [4.78, 5) is 13.6. The maximum atomic E-state index is 11.8. The lowest BCUT2D eigenvalue weighted by molar-refractivity contribution is -0.128. The van der Waals surface area contributed by atoms with Crippen LogP contribution in [0.5, 0.6) is 0 Å². The van der Waals surface area contributed by atoms with E-state index in [0.717, 1.165) is 16.5 Å². The standard InChI is InChI=1S/C14H13N3O/c1-2-10-6-14(18)17(8-10)9-11-3-4-12-7-15-16-13(12)5-11/h1,3-5,7,10H,6,8-9H2,(H,15,16). The Balaban J connectivity index is 1.80. The zero-order valence-corrected chi connectivity index (χ0v) is 9.89. The van der Waals surface area contributed by atoms with Gasteiger partial charge < -0.3 is 4.90 Å². The van der Waals surface area contributed by atoms with Crippen molar-refractivity contribution in [2.45, 2.75) is 13.0 Å². The summed E-state index contributed by atoms with van der Waals surface area (Å²) in [6.45, 7) is 1.28. The van der Waals surface area contributed by atoms with Gasteiger partial charge in [0.15, 0.2) is 0 Å². The van der Waals surface area contributed by atoms with Crippen LogP contribution in [0.1, 0.15) is 12.0 Å². The number of likely N-dealkylation sites (tertiary alicyclic amines) is 1. The van der Waals surface area contributed by atoms with E-state index in [1.807, 2.05) is 23.1 Å². The van der Waals surface area contributed by atoms with Crippen molar-refractivity contribution in [3.8, 4) is 12.3 Å². The number of rotatable bonds is 2. The van der Waals surface area contributed by atoms with Gasteiger partial charge in [-0.05, 0) is 11.6 Å². The van der Waals surface area contributed by atoms with Crippen LogP contribution in [0.4, 0.5) is 0 Å². The van der Waals surface area contributed by atoms with E-state index < -0.39 is 0 Å². The van der Waals surface area contributed by atoms with Gasteiger partial charge in [-0.15, -0.1) is 12.3 Å². The molecule has 1 aliphatic heterocycles. The van der Waals surface area contributed by atoms with Crippen LogP contribution in [0.2, 0.25) is 0 Å². The van der Waals surface area contributed by atoms with Gasteiger partial charge in [0.25, 0.3) is 0 Å². The number of benzene rings is 1. The van der Waals surface area contributed by atoms with Gasteiger partial charge in [0.1, 0.15) is 0 Å². The molecular weight excluding hydrogens is 226 g/mol. The van der Waals surface area contributed by atoms with E-state index >= 15 is 0 Å². The van der Waals surface area contributed by atoms with Crippen LogP contribution in [0.15, 0.2) is 24.4 Å². The highest BCUT2D eigenvalue weighted by Crippen LogP contribution is 2.21. The van der Waals surface area contributed by atoms with Crippen LogP contribution < -0.4 is 0 Å². The minimum atomic E-state index is 0.0633. The Morgan fingerprint density at radius 2 is 2.44 bits per heavy atom. The first-order valence-corrected chi connectivity index (χ1v) is 5.92. The van der Waals surface area contributed by atoms with Gasteiger partial charge in [-0.3, -0.25) is 9.89 Å². The third kappa shape index (κ3) is 1.84. The van der Waals surface area contributed by atoms with Crippen molar-refractivity contribution >= 4 is 16.8 Å². The smallest absolute Gasteiger partial charge is 0.224 e. The molecule has 0 aliphatic carbocycles. The Morgan fingerprint density at radius 1 is 1.56 bits per heavy atom. The van der Waals surface area contributed by atoms with Crippen LogP contribution in [0.3, 0.4) is 0 Å². The first-order chi connectivity index (χ1) is 8.76. The zero-order chi connectivity index (χ0) is 12.5. The second-order valence-electron chi connectivity index (χ2n) is 4.63. The Bertz CT molecular complexity index is 638. The molecule has 18 heavy (non-hydrogen) atoms. The van der Waals surface area contributed by atoms with Crippen LogP contribution in [0, 0.1) is 18.3 Å². The van der Waals surface area contributed by atoms with E-state index in [4.69, 9.17) is 6.42 Å². The number of carbonyl (C=O) groups excluding carboxylic acids is 1. The summed E-state index contributed by atoms with van der Waals surface area (Å²) < 4.78 is 0. The predicted octanol–water partition coefficient (Wildman–Crippen LogP) is 1.54. The van der Waals surface area contributed by atoms with E-state index in [1.54, 1.807) is 6.20 Å². The molecule has 1 unspecified atom stereocenters. The molecule has 0 radical (unpaired) electrons. The van der Waals surface area contributed by atoms with Gasteiger partial charge >= 0.3 is 0 Å². The average Bonchev–Trinajstić information content (AvgIpc) is 2.96. The Morgan fingerprint density at radius 3 is 3.22 bits per heavy atom. The molecule has 1 atom stereocenters. The Labute approximate surface area is 105 Å². The van der Waals surface area contributed by atoms with E-state index in [1.165, 1.54) is 0 Å². The summed E-state index contributed by atoms with van der Waals surface area (Å²) in [5.41, 5.74) is 2.09. The molecule has 4 nitrogen and oxygen atoms in total. The zero-order valence-electron chi connectivity index (χ0n) is 9.89. The van der Waals surface area contributed by atoms with Crippen molar-refractivity contribution in [3.05, 3.63) is 30.0 Å². The van der Waals surface area contributed by atoms with Crippen molar-refractivity contribution in [3.63, 3.8) is 0 Å². The summed E-state index contributed by atoms with van der Waals surface area (Å²) >= 11 is 0. The number of hydrogen-bond donors (Lipinski definition) is 1. The predicted molar refractivity (Wildman–Crippen MR) is 68.5 cm³/mol. The number of aromatic nitrogens is 2. The van der Waals surface area contributed by atoms with Crippen molar-refractivity contribution in [1.29, 1.82) is 0 Å². The van der Waals surface area contributed by atoms with Crippen molar-refractivity contribution in [1.82, 2.24) is 15.1 Å². The van der Waals surface area contributed by atoms with E-state index in [9.17, 15) is 4.79 Å². The molecule has 1 saturated heterocycles. The molecule has 3 rings (SSSR count). The van der Waals surface area contributed by atoms with Gasteiger partial charge in [0.05, 0.1) is 11.7 Å². The molecule has 1 aromatic carbocycles. The molecule has 1 aliphatic rings. The van der Waals surface area contributed by atoms with E-state index in [2.05, 4.69) is 16.1 Å². The minimum Gasteiger partial charge on any atom is -0.337 e. The van der Waals surface area contributed by atoms with Gasteiger partial charge in [0.2, 0.25) is 5.91 Å². The molecular formula is C14H13N3O. The highest BCUT2D eigenvalue weighted by molar-refractivity contribution is 5.80. The minimum absolute atomic E-state index is 0.0633. The van der Waals surface area contributed by atoms with Crippen molar-refractivity contribution in [2.24, 2.45) is 5.92 Å². The SMILES string of the molecule is C#CC1CC(=O)N(Cc2ccc3cn[nH]c3c2)C1. The van der Waals surface area contributed by atoms with Gasteiger partial charge in [-0.1, -0.05) is 12.1 Å². The third-order valence-corrected chi connectivity index (χ3v) is 3.33. The fraction of sp³-hybridized carbons (Fsp3) is 0.286. The molecule has 0 spiro atoms. The quantitative estimate of drug-likeness (QED) is 0.808. The van der Waals surface area contributed by atoms with Crippen LogP contribution in [-0.4, -0.2) is 27.5 Å². The van der Waals surface area contributed by atoms with E-state index in [-0.39, 0.29) is 11.8 Å². The first-order valence-electron chi connectivity index (χ1n) is 5.92. The number of carbonyl (C=O) groups is 1. The van der Waals surface area contributed by atoms with Gasteiger partial charge in [-0.2, -0.15) is 5.10 Å². The van der Waals surface area contributed by atoms with Crippen LogP contribution >= 0.6 is 0 Å². The number of terminal acetylenes is 1. The molecule has 1 aromatic heterocycles. The lowest BCUT2D eigenvalue weighted by Gasteiger charge is -2.15. The van der Waals surface area contributed by atoms with Gasteiger partial charge in [0, 0.05) is 30.8 Å². The molecule has 1 fully saturated rings. The molecule has 90 valence electrons. The number of hydrogen-bond acceptors (Lipinski definition) is 2. The number of nitrogens with one attached hydrogen (secondary N) is 1. The van der Waals surface area contributed by atoms with Crippen molar-refractivity contribution < 1.29 is 4.79 Å². The lowest BCUT2D eigenvalue weighted by Crippen LogP contribution is -2.24. The normalized spacial score (nSPS) is 19.4. The second kappa shape index (κ2) is 4.19. The highest BCUT2D eigenvalue weighted by Gasteiger charge is 2.27. The van der Waals surface area contributed by atoms with Gasteiger partial charge in [-0.25, -0.2) is 0 Å². The Hall–Kier alpha value is -2.28. The summed E-state index contributed by atoms with van der Waals surface area (Å²) in [7, 11) is 0. The highest BCUT2D eigenvalue weighted by atomic mass is 16.2. The number of aromatic amines is 1. The number of H-pyrrole nitrogens is 1. The molecule has 2 aromatic rings. The molecule has 4 heteroatoms.